The lowest BCUT2D eigenvalue weighted by Gasteiger charge is -2.14. The van der Waals surface area contributed by atoms with E-state index in [2.05, 4.69) is 21.0 Å². The molecular weight excluding hydrogens is 502 g/mol. The van der Waals surface area contributed by atoms with Gasteiger partial charge in [0.2, 0.25) is 0 Å². The molecule has 33 heavy (non-hydrogen) atoms. The number of para-hydroxylation sites is 1. The molecule has 0 unspecified atom stereocenters. The third-order valence-electron chi connectivity index (χ3n) is 4.68. The van der Waals surface area contributed by atoms with E-state index in [1.54, 1.807) is 30.3 Å². The van der Waals surface area contributed by atoms with Gasteiger partial charge in [-0.3, -0.25) is 10.1 Å². The van der Waals surface area contributed by atoms with Crippen LogP contribution in [-0.4, -0.2) is 55.1 Å². The number of rotatable bonds is 7. The lowest BCUT2D eigenvalue weighted by atomic mass is 10.0. The van der Waals surface area contributed by atoms with Gasteiger partial charge in [0, 0.05) is 0 Å². The average molecular weight is 520 g/mol. The Morgan fingerprint density at radius 1 is 1.03 bits per heavy atom. The number of ether oxygens (including phenoxy) is 4. The quantitative estimate of drug-likeness (QED) is 0.259. The van der Waals surface area contributed by atoms with Crippen LogP contribution in [0.2, 0.25) is 0 Å². The summed E-state index contributed by atoms with van der Waals surface area (Å²) in [6.07, 6.45) is 0. The largest absolute Gasteiger partial charge is 0.493 e. The van der Waals surface area contributed by atoms with Gasteiger partial charge in [0.1, 0.15) is 15.7 Å². The number of hydrogen-bond acceptors (Lipinski definition) is 9. The summed E-state index contributed by atoms with van der Waals surface area (Å²) in [5.74, 6) is -1.71. The highest BCUT2D eigenvalue weighted by atomic mass is 79.9. The predicted molar refractivity (Wildman–Crippen MR) is 119 cm³/mol. The van der Waals surface area contributed by atoms with Crippen LogP contribution in [-0.2, 0) is 9.47 Å². The van der Waals surface area contributed by atoms with E-state index in [4.69, 9.17) is 18.9 Å². The van der Waals surface area contributed by atoms with Crippen LogP contribution in [0.3, 0.4) is 0 Å². The minimum atomic E-state index is -0.910. The van der Waals surface area contributed by atoms with Crippen molar-refractivity contribution in [2.24, 2.45) is 0 Å². The van der Waals surface area contributed by atoms with Crippen molar-refractivity contribution >= 4 is 33.6 Å². The zero-order valence-electron chi connectivity index (χ0n) is 17.9. The van der Waals surface area contributed by atoms with Crippen LogP contribution in [0.15, 0.2) is 40.9 Å². The van der Waals surface area contributed by atoms with Crippen LogP contribution in [0.1, 0.15) is 20.8 Å². The molecule has 0 aliphatic heterocycles. The minimum absolute atomic E-state index is 0.0174. The summed E-state index contributed by atoms with van der Waals surface area (Å²) in [6, 6.07) is 9.66. The van der Waals surface area contributed by atoms with Crippen LogP contribution >= 0.6 is 15.9 Å². The number of halogens is 1. The summed E-state index contributed by atoms with van der Waals surface area (Å²) in [6.45, 7) is 0. The van der Waals surface area contributed by atoms with Crippen molar-refractivity contribution in [2.45, 2.75) is 0 Å². The average Bonchev–Trinajstić information content (AvgIpc) is 3.23. The molecule has 172 valence electrons. The van der Waals surface area contributed by atoms with Gasteiger partial charge in [0.05, 0.1) is 50.7 Å². The third-order valence-corrected chi connectivity index (χ3v) is 5.48. The van der Waals surface area contributed by atoms with Gasteiger partial charge in [-0.25, -0.2) is 14.3 Å². The molecule has 3 aromatic rings. The Hall–Kier alpha value is -3.93. The SMILES string of the molecule is COC(=O)c1c(-c2c(Br)c([N+](=O)[O-])cc(OC)c2OC)nn(-c2ccccc2)c1C(=O)OC. The number of nitro benzene ring substituents is 1. The monoisotopic (exact) mass is 519 g/mol. The highest BCUT2D eigenvalue weighted by Gasteiger charge is 2.36. The summed E-state index contributed by atoms with van der Waals surface area (Å²) in [7, 11) is 4.92. The summed E-state index contributed by atoms with van der Waals surface area (Å²) in [5.41, 5.74) is -0.533. The maximum atomic E-state index is 12.9. The smallest absolute Gasteiger partial charge is 0.357 e. The van der Waals surface area contributed by atoms with E-state index in [1.165, 1.54) is 25.0 Å². The molecule has 0 spiro atoms. The number of carbonyl (C=O) groups excluding carboxylic acids is 2. The molecule has 0 saturated heterocycles. The molecule has 1 aromatic heterocycles. The molecule has 0 aliphatic rings. The van der Waals surface area contributed by atoms with Gasteiger partial charge in [-0.15, -0.1) is 0 Å². The molecule has 0 radical (unpaired) electrons. The number of methoxy groups -OCH3 is 4. The van der Waals surface area contributed by atoms with E-state index in [1.807, 2.05) is 0 Å². The predicted octanol–water partition coefficient (Wildman–Crippen LogP) is 3.80. The molecule has 0 aliphatic carbocycles. The second-order valence-electron chi connectivity index (χ2n) is 6.38. The summed E-state index contributed by atoms with van der Waals surface area (Å²) in [4.78, 5) is 36.7. The summed E-state index contributed by atoms with van der Waals surface area (Å²) >= 11 is 3.23. The topological polar surface area (TPSA) is 132 Å². The molecule has 11 nitrogen and oxygen atoms in total. The fraction of sp³-hybridized carbons (Fsp3) is 0.190. The first kappa shape index (κ1) is 23.7. The number of hydrogen-bond donors (Lipinski definition) is 0. The maximum Gasteiger partial charge on any atom is 0.357 e. The van der Waals surface area contributed by atoms with Gasteiger partial charge < -0.3 is 18.9 Å². The van der Waals surface area contributed by atoms with Crippen LogP contribution in [0.4, 0.5) is 5.69 Å². The molecule has 3 rings (SSSR count). The Labute approximate surface area is 196 Å². The molecule has 0 saturated carbocycles. The molecule has 1 heterocycles. The Kier molecular flexibility index (Phi) is 6.97. The summed E-state index contributed by atoms with van der Waals surface area (Å²) in [5, 5.41) is 16.1. The van der Waals surface area contributed by atoms with Crippen LogP contribution in [0.25, 0.3) is 16.9 Å². The van der Waals surface area contributed by atoms with Crippen molar-refractivity contribution in [3.05, 3.63) is 62.2 Å². The first-order chi connectivity index (χ1) is 15.8. The number of carbonyl (C=O) groups is 2. The van der Waals surface area contributed by atoms with Crippen molar-refractivity contribution in [3.8, 4) is 28.4 Å². The van der Waals surface area contributed by atoms with Gasteiger partial charge in [-0.2, -0.15) is 5.10 Å². The van der Waals surface area contributed by atoms with Crippen LogP contribution in [0.5, 0.6) is 11.5 Å². The van der Waals surface area contributed by atoms with Gasteiger partial charge in [-0.05, 0) is 28.1 Å². The van der Waals surface area contributed by atoms with Crippen molar-refractivity contribution in [3.63, 3.8) is 0 Å². The van der Waals surface area contributed by atoms with E-state index in [0.717, 1.165) is 14.2 Å². The lowest BCUT2D eigenvalue weighted by molar-refractivity contribution is -0.385. The molecular formula is C21H18BrN3O8. The second kappa shape index (κ2) is 9.69. The normalized spacial score (nSPS) is 10.5. The highest BCUT2D eigenvalue weighted by molar-refractivity contribution is 9.10. The fourth-order valence-electron chi connectivity index (χ4n) is 3.23. The van der Waals surface area contributed by atoms with Gasteiger partial charge in [-0.1, -0.05) is 18.2 Å². The molecule has 12 heteroatoms. The minimum Gasteiger partial charge on any atom is -0.493 e. The molecule has 2 aromatic carbocycles. The Morgan fingerprint density at radius 3 is 2.18 bits per heavy atom. The number of esters is 2. The second-order valence-corrected chi connectivity index (χ2v) is 7.17. The van der Waals surface area contributed by atoms with Gasteiger partial charge in [0.25, 0.3) is 5.69 Å². The number of nitro groups is 1. The fourth-order valence-corrected chi connectivity index (χ4v) is 3.86. The Bertz CT molecular complexity index is 1240. The molecule has 0 fully saturated rings. The zero-order valence-corrected chi connectivity index (χ0v) is 19.5. The maximum absolute atomic E-state index is 12.9. The lowest BCUT2D eigenvalue weighted by Crippen LogP contribution is -2.15. The van der Waals surface area contributed by atoms with Crippen molar-refractivity contribution in [1.29, 1.82) is 0 Å². The molecule has 0 amide bonds. The summed E-state index contributed by atoms with van der Waals surface area (Å²) < 4.78 is 21.7. The van der Waals surface area contributed by atoms with Crippen LogP contribution in [0, 0.1) is 10.1 Å². The van der Waals surface area contributed by atoms with E-state index >= 15 is 0 Å². The van der Waals surface area contributed by atoms with E-state index in [9.17, 15) is 19.7 Å². The van der Waals surface area contributed by atoms with Crippen molar-refractivity contribution < 1.29 is 33.5 Å². The molecule has 0 N–H and O–H groups in total. The van der Waals surface area contributed by atoms with Crippen molar-refractivity contribution in [1.82, 2.24) is 9.78 Å². The Balaban J connectivity index is 2.54. The molecule has 0 atom stereocenters. The van der Waals surface area contributed by atoms with E-state index in [-0.39, 0.29) is 44.2 Å². The molecule has 0 bridgehead atoms. The van der Waals surface area contributed by atoms with Gasteiger partial charge in [0.15, 0.2) is 17.2 Å². The Morgan fingerprint density at radius 2 is 1.67 bits per heavy atom. The van der Waals surface area contributed by atoms with Crippen molar-refractivity contribution in [2.75, 3.05) is 28.4 Å². The number of nitrogens with zero attached hydrogens (tertiary/aromatic N) is 3. The first-order valence-corrected chi connectivity index (χ1v) is 10.0. The highest BCUT2D eigenvalue weighted by Crippen LogP contribution is 2.49. The van der Waals surface area contributed by atoms with E-state index in [0.29, 0.717) is 5.69 Å². The standard InChI is InChI=1S/C21H18BrN3O8/c1-30-13-10-12(25(28)29)16(22)14(19(13)31-2)17-15(20(26)32-3)18(21(27)33-4)24(23-17)11-8-6-5-7-9-11/h5-10H,1-4H3. The van der Waals surface area contributed by atoms with Crippen LogP contribution < -0.4 is 9.47 Å². The third kappa shape index (κ3) is 4.12. The van der Waals surface area contributed by atoms with Gasteiger partial charge >= 0.3 is 11.9 Å². The number of aromatic nitrogens is 2. The van der Waals surface area contributed by atoms with E-state index < -0.39 is 16.9 Å². The zero-order chi connectivity index (χ0) is 24.3. The first-order valence-electron chi connectivity index (χ1n) is 9.24. The number of benzene rings is 2.